The zero-order valence-electron chi connectivity index (χ0n) is 21.1. The number of piperazine rings is 1. The standard InChI is InChI=1S/C28H33N3O4S/c1-4-18-15-19-25(34)23(28-29-21-7-5-6-8-22(21)36-28)26(17(2)3)35-27(19)20(24(18)33)16-31-11-9-30(10-12-31)13-14-32/h5-8,15,17,32-33H,4,9-14,16H2,1-3H3. The van der Waals surface area contributed by atoms with Crippen LogP contribution in [-0.2, 0) is 13.0 Å². The van der Waals surface area contributed by atoms with Crippen LogP contribution in [0.5, 0.6) is 5.75 Å². The van der Waals surface area contributed by atoms with Crippen molar-refractivity contribution in [3.8, 4) is 16.3 Å². The number of aromatic hydroxyl groups is 1. The molecule has 1 fully saturated rings. The molecule has 2 N–H and O–H groups in total. The molecule has 1 aliphatic heterocycles. The SMILES string of the molecule is CCc1cc2c(=O)c(-c3nc4ccccc4s3)c(C(C)C)oc2c(CN2CCN(CCO)CC2)c1O. The molecule has 0 amide bonds. The van der Waals surface area contributed by atoms with Crippen LogP contribution >= 0.6 is 11.3 Å². The second-order valence-electron chi connectivity index (χ2n) is 9.75. The van der Waals surface area contributed by atoms with Gasteiger partial charge >= 0.3 is 0 Å². The van der Waals surface area contributed by atoms with Gasteiger partial charge in [-0.3, -0.25) is 14.6 Å². The van der Waals surface area contributed by atoms with Crippen molar-refractivity contribution in [2.45, 2.75) is 39.7 Å². The van der Waals surface area contributed by atoms with E-state index < -0.39 is 0 Å². The van der Waals surface area contributed by atoms with Gasteiger partial charge in [-0.15, -0.1) is 11.3 Å². The Labute approximate surface area is 214 Å². The van der Waals surface area contributed by atoms with E-state index in [1.165, 1.54) is 11.3 Å². The molecule has 1 saturated heterocycles. The van der Waals surface area contributed by atoms with E-state index in [1.54, 1.807) is 6.07 Å². The van der Waals surface area contributed by atoms with Crippen molar-refractivity contribution in [2.24, 2.45) is 0 Å². The zero-order chi connectivity index (χ0) is 25.4. The Morgan fingerprint density at radius 2 is 1.86 bits per heavy atom. The Bertz CT molecular complexity index is 1420. The number of fused-ring (bicyclic) bond motifs is 2. The number of thiazole rings is 1. The zero-order valence-corrected chi connectivity index (χ0v) is 21.9. The number of aliphatic hydroxyl groups excluding tert-OH is 1. The van der Waals surface area contributed by atoms with Crippen LogP contribution in [0, 0.1) is 0 Å². The van der Waals surface area contributed by atoms with Gasteiger partial charge in [0.1, 0.15) is 22.1 Å². The second-order valence-corrected chi connectivity index (χ2v) is 10.8. The molecule has 8 heteroatoms. The van der Waals surface area contributed by atoms with Crippen molar-refractivity contribution in [3.05, 3.63) is 57.4 Å². The molecule has 36 heavy (non-hydrogen) atoms. The first kappa shape index (κ1) is 24.9. The first-order valence-corrected chi connectivity index (χ1v) is 13.5. The van der Waals surface area contributed by atoms with Crippen LogP contribution < -0.4 is 5.43 Å². The van der Waals surface area contributed by atoms with Gasteiger partial charge < -0.3 is 14.6 Å². The molecule has 7 nitrogen and oxygen atoms in total. The van der Waals surface area contributed by atoms with Crippen molar-refractivity contribution < 1.29 is 14.6 Å². The number of rotatable bonds is 7. The summed E-state index contributed by atoms with van der Waals surface area (Å²) in [5.74, 6) is 0.782. The highest BCUT2D eigenvalue weighted by Crippen LogP contribution is 2.38. The number of aromatic nitrogens is 1. The average Bonchev–Trinajstić information content (AvgIpc) is 3.30. The molecule has 0 bridgehead atoms. The number of aliphatic hydroxyl groups is 1. The molecule has 5 rings (SSSR count). The van der Waals surface area contributed by atoms with Crippen LogP contribution in [0.2, 0.25) is 0 Å². The topological polar surface area (TPSA) is 90.0 Å². The first-order chi connectivity index (χ1) is 17.4. The highest BCUT2D eigenvalue weighted by Gasteiger charge is 2.26. The lowest BCUT2D eigenvalue weighted by Gasteiger charge is -2.34. The first-order valence-electron chi connectivity index (χ1n) is 12.7. The Morgan fingerprint density at radius 3 is 2.53 bits per heavy atom. The molecule has 0 unspecified atom stereocenters. The summed E-state index contributed by atoms with van der Waals surface area (Å²) in [6, 6.07) is 9.69. The molecule has 0 spiro atoms. The van der Waals surface area contributed by atoms with E-state index in [-0.39, 0.29) is 23.7 Å². The van der Waals surface area contributed by atoms with Crippen molar-refractivity contribution in [1.29, 1.82) is 0 Å². The molecule has 0 radical (unpaired) electrons. The Balaban J connectivity index is 1.65. The summed E-state index contributed by atoms with van der Waals surface area (Å²) in [5, 5.41) is 21.6. The minimum absolute atomic E-state index is 0.0352. The van der Waals surface area contributed by atoms with Gasteiger partial charge in [0.25, 0.3) is 0 Å². The summed E-state index contributed by atoms with van der Waals surface area (Å²) < 4.78 is 7.57. The number of phenols is 1. The smallest absolute Gasteiger partial charge is 0.203 e. The minimum Gasteiger partial charge on any atom is -0.507 e. The van der Waals surface area contributed by atoms with Crippen molar-refractivity contribution in [2.75, 3.05) is 39.3 Å². The number of aryl methyl sites for hydroxylation is 1. The highest BCUT2D eigenvalue weighted by molar-refractivity contribution is 7.21. The molecule has 0 saturated carbocycles. The summed E-state index contributed by atoms with van der Waals surface area (Å²) in [6.45, 7) is 10.7. The summed E-state index contributed by atoms with van der Waals surface area (Å²) >= 11 is 1.50. The monoisotopic (exact) mass is 507 g/mol. The van der Waals surface area contributed by atoms with Crippen molar-refractivity contribution in [1.82, 2.24) is 14.8 Å². The molecule has 2 aromatic heterocycles. The number of para-hydroxylation sites is 1. The average molecular weight is 508 g/mol. The second kappa shape index (κ2) is 10.3. The number of hydrogen-bond donors (Lipinski definition) is 2. The van der Waals surface area contributed by atoms with Crippen LogP contribution in [0.15, 0.2) is 39.5 Å². The molecular weight excluding hydrogens is 474 g/mol. The van der Waals surface area contributed by atoms with E-state index in [2.05, 4.69) is 9.80 Å². The van der Waals surface area contributed by atoms with Crippen LogP contribution in [0.3, 0.4) is 0 Å². The van der Waals surface area contributed by atoms with Gasteiger partial charge in [0.15, 0.2) is 0 Å². The van der Waals surface area contributed by atoms with Gasteiger partial charge in [-0.1, -0.05) is 32.9 Å². The molecule has 2 aromatic carbocycles. The number of benzene rings is 2. The third kappa shape index (κ3) is 4.54. The highest BCUT2D eigenvalue weighted by atomic mass is 32.1. The van der Waals surface area contributed by atoms with E-state index in [0.29, 0.717) is 52.4 Å². The Kier molecular flexibility index (Phi) is 7.12. The maximum atomic E-state index is 14.1. The Hall–Kier alpha value is -2.78. The normalized spacial score (nSPS) is 15.5. The lowest BCUT2D eigenvalue weighted by atomic mass is 9.98. The van der Waals surface area contributed by atoms with E-state index >= 15 is 0 Å². The summed E-state index contributed by atoms with van der Waals surface area (Å²) in [4.78, 5) is 23.3. The van der Waals surface area contributed by atoms with Crippen LogP contribution in [0.25, 0.3) is 31.8 Å². The van der Waals surface area contributed by atoms with E-state index in [0.717, 1.165) is 42.0 Å². The van der Waals surface area contributed by atoms with Crippen LogP contribution in [0.4, 0.5) is 0 Å². The number of hydrogen-bond acceptors (Lipinski definition) is 8. The van der Waals surface area contributed by atoms with Gasteiger partial charge in [0.2, 0.25) is 5.43 Å². The maximum absolute atomic E-state index is 14.1. The predicted molar refractivity (Wildman–Crippen MR) is 145 cm³/mol. The van der Waals surface area contributed by atoms with Gasteiger partial charge in [-0.05, 0) is 30.2 Å². The fraction of sp³-hybridized carbons (Fsp3) is 0.429. The van der Waals surface area contributed by atoms with E-state index in [9.17, 15) is 15.0 Å². The minimum atomic E-state index is -0.0947. The maximum Gasteiger partial charge on any atom is 0.203 e. The lowest BCUT2D eigenvalue weighted by molar-refractivity contribution is 0.108. The summed E-state index contributed by atoms with van der Waals surface area (Å²) in [7, 11) is 0. The number of phenolic OH excluding ortho intramolecular Hbond substituents is 1. The van der Waals surface area contributed by atoms with Gasteiger partial charge in [0.05, 0.1) is 33.3 Å². The van der Waals surface area contributed by atoms with Crippen LogP contribution in [0.1, 0.15) is 43.6 Å². The quantitative estimate of drug-likeness (QED) is 0.379. The predicted octanol–water partition coefficient (Wildman–Crippen LogP) is 4.57. The molecule has 0 aliphatic carbocycles. The molecule has 1 aliphatic rings. The molecule has 3 heterocycles. The fourth-order valence-corrected chi connectivity index (χ4v) is 6.02. The molecule has 190 valence electrons. The van der Waals surface area contributed by atoms with Gasteiger partial charge in [-0.25, -0.2) is 4.98 Å². The van der Waals surface area contributed by atoms with Crippen molar-refractivity contribution >= 4 is 32.5 Å². The fourth-order valence-electron chi connectivity index (χ4n) is 5.01. The number of nitrogens with zero attached hydrogens (tertiary/aromatic N) is 3. The number of β-amino-alcohol motifs (C(OH)–C–C–N with tert-alkyl or cyclic N) is 1. The van der Waals surface area contributed by atoms with Gasteiger partial charge in [-0.2, -0.15) is 0 Å². The molecule has 0 atom stereocenters. The summed E-state index contributed by atoms with van der Waals surface area (Å²) in [5.41, 5.74) is 3.19. The van der Waals surface area contributed by atoms with Gasteiger partial charge in [0, 0.05) is 45.2 Å². The molecular formula is C28H33N3O4S. The van der Waals surface area contributed by atoms with Crippen LogP contribution in [-0.4, -0.2) is 64.3 Å². The third-order valence-corrected chi connectivity index (χ3v) is 8.09. The third-order valence-electron chi connectivity index (χ3n) is 7.03. The lowest BCUT2D eigenvalue weighted by Crippen LogP contribution is -2.46. The Morgan fingerprint density at radius 1 is 1.14 bits per heavy atom. The largest absolute Gasteiger partial charge is 0.507 e. The molecule has 4 aromatic rings. The van der Waals surface area contributed by atoms with Crippen molar-refractivity contribution in [3.63, 3.8) is 0 Å². The summed E-state index contributed by atoms with van der Waals surface area (Å²) in [6.07, 6.45) is 0.612. The van der Waals surface area contributed by atoms with E-state index in [4.69, 9.17) is 9.40 Å². The van der Waals surface area contributed by atoms with E-state index in [1.807, 2.05) is 45.0 Å².